The molecule has 0 aliphatic carbocycles. The van der Waals surface area contributed by atoms with Crippen molar-refractivity contribution in [3.8, 4) is 6.07 Å². The molecule has 2 nitrogen and oxygen atoms in total. The third-order valence-electron chi connectivity index (χ3n) is 2.33. The highest BCUT2D eigenvalue weighted by Crippen LogP contribution is 2.67. The Morgan fingerprint density at radius 1 is 1.50 bits per heavy atom. The molecule has 0 N–H and O–H groups in total. The summed E-state index contributed by atoms with van der Waals surface area (Å²) in [6, 6.07) is 7.92. The normalized spacial score (nSPS) is 28.6. The molecule has 1 aromatic rings. The molecule has 4 heteroatoms. The lowest BCUT2D eigenvalue weighted by atomic mass is 10.2. The van der Waals surface area contributed by atoms with Gasteiger partial charge in [-0.2, -0.15) is 5.26 Å². The Morgan fingerprint density at radius 3 is 2.86 bits per heavy atom. The number of hydrogen-bond acceptors (Lipinski definition) is 2. The fraction of sp³-hybridized carbons (Fsp3) is 0.200. The maximum Gasteiger partial charge on any atom is 0.0992 e. The molecule has 0 aromatic heterocycles. The zero-order valence-corrected chi connectivity index (χ0v) is 10.9. The van der Waals surface area contributed by atoms with E-state index in [1.165, 1.54) is 9.94 Å². The number of fused-ring (bicyclic) bond motifs is 1. The first-order valence-corrected chi connectivity index (χ1v) is 8.71. The average Bonchev–Trinajstić information content (AvgIpc) is 2.38. The van der Waals surface area contributed by atoms with E-state index < -0.39 is 7.20 Å². The van der Waals surface area contributed by atoms with Gasteiger partial charge in [-0.25, -0.2) is 4.99 Å². The number of hydrogen-bond donors (Lipinski definition) is 0. The first-order valence-electron chi connectivity index (χ1n) is 4.13. The van der Waals surface area contributed by atoms with Gasteiger partial charge in [0.25, 0.3) is 0 Å². The van der Waals surface area contributed by atoms with Gasteiger partial charge in [-0.3, -0.25) is 0 Å². The Labute approximate surface area is 96.9 Å². The predicted molar refractivity (Wildman–Crippen MR) is 69.7 cm³/mol. The third kappa shape index (κ3) is 1.35. The van der Waals surface area contributed by atoms with Crippen LogP contribution in [-0.4, -0.2) is 11.3 Å². The molecule has 14 heavy (non-hydrogen) atoms. The quantitative estimate of drug-likeness (QED) is 0.671. The van der Waals surface area contributed by atoms with E-state index >= 15 is 0 Å². The number of benzene rings is 1. The number of nitrogens with zero attached hydrogens (tertiary/aromatic N) is 2. The van der Waals surface area contributed by atoms with Crippen LogP contribution in [0.2, 0.25) is 0 Å². The minimum Gasteiger partial charge on any atom is -0.246 e. The first-order chi connectivity index (χ1) is 6.55. The molecule has 0 bridgehead atoms. The zero-order valence-electron chi connectivity index (χ0n) is 7.91. The molecule has 0 amide bonds. The van der Waals surface area contributed by atoms with Crippen LogP contribution in [0.5, 0.6) is 0 Å². The summed E-state index contributed by atoms with van der Waals surface area (Å²) in [6.45, 7) is 2.06. The molecular weight excluding hydrogens is 307 g/mol. The molecule has 0 saturated heterocycles. The summed E-state index contributed by atoms with van der Waals surface area (Å²) < 4.78 is 0. The molecule has 1 aliphatic rings. The van der Waals surface area contributed by atoms with Crippen molar-refractivity contribution in [3.05, 3.63) is 23.8 Å². The van der Waals surface area contributed by atoms with E-state index in [0.29, 0.717) is 5.56 Å². The number of aliphatic imine (C=N–C) groups is 1. The third-order valence-corrected chi connectivity index (χ3v) is 8.04. The zero-order chi connectivity index (χ0) is 10.3. The number of halogens is 1. The topological polar surface area (TPSA) is 36.1 Å². The van der Waals surface area contributed by atoms with Gasteiger partial charge in [0.1, 0.15) is 0 Å². The largest absolute Gasteiger partial charge is 0.246 e. The Bertz CT molecular complexity index is 472. The van der Waals surface area contributed by atoms with Crippen LogP contribution in [0.1, 0.15) is 12.5 Å². The fourth-order valence-electron chi connectivity index (χ4n) is 1.41. The van der Waals surface area contributed by atoms with Gasteiger partial charge in [-0.05, 0) is 52.6 Å². The highest BCUT2D eigenvalue weighted by atomic mass is 127. The van der Waals surface area contributed by atoms with Crippen LogP contribution in [0.15, 0.2) is 28.1 Å². The Morgan fingerprint density at radius 2 is 2.21 bits per heavy atom. The van der Waals surface area contributed by atoms with Crippen LogP contribution in [-0.2, 0) is 0 Å². The fourth-order valence-corrected chi connectivity index (χ4v) is 4.23. The molecule has 0 radical (unpaired) electrons. The van der Waals surface area contributed by atoms with Gasteiger partial charge >= 0.3 is 0 Å². The molecule has 1 aliphatic heterocycles. The first kappa shape index (κ1) is 9.99. The van der Waals surface area contributed by atoms with Gasteiger partial charge in [-0.15, -0.1) is 7.20 Å². The Kier molecular flexibility index (Phi) is 2.32. The molecular formula is C10H9IN2S. The van der Waals surface area contributed by atoms with Crippen molar-refractivity contribution in [2.75, 3.05) is 6.26 Å². The Balaban J connectivity index is 2.64. The van der Waals surface area contributed by atoms with E-state index in [9.17, 15) is 0 Å². The molecule has 0 fully saturated rings. The predicted octanol–water partition coefficient (Wildman–Crippen LogP) is 3.77. The second kappa shape index (κ2) is 3.24. The summed E-state index contributed by atoms with van der Waals surface area (Å²) in [4.78, 5) is 5.80. The highest BCUT2D eigenvalue weighted by Gasteiger charge is 2.29. The van der Waals surface area contributed by atoms with Crippen LogP contribution in [0.4, 0.5) is 5.69 Å². The molecule has 72 valence electrons. The standard InChI is InChI=1S/C10H9IN2S/c1-7-13-9-5-8(6-12)3-4-10(9)14(7,2)11/h3-5H,1-2H3. The minimum atomic E-state index is -0.899. The van der Waals surface area contributed by atoms with Gasteiger partial charge in [0.05, 0.1) is 22.4 Å². The molecule has 1 atom stereocenters. The van der Waals surface area contributed by atoms with E-state index in [2.05, 4.69) is 45.4 Å². The van der Waals surface area contributed by atoms with Crippen molar-refractivity contribution in [2.24, 2.45) is 4.99 Å². The van der Waals surface area contributed by atoms with E-state index in [-0.39, 0.29) is 0 Å². The molecule has 0 spiro atoms. The maximum absolute atomic E-state index is 8.77. The van der Waals surface area contributed by atoms with Crippen LogP contribution in [0.25, 0.3) is 0 Å². The molecule has 1 aromatic carbocycles. The van der Waals surface area contributed by atoms with Gasteiger partial charge in [0, 0.05) is 4.90 Å². The van der Waals surface area contributed by atoms with Crippen LogP contribution < -0.4 is 0 Å². The molecule has 2 rings (SSSR count). The molecule has 1 unspecified atom stereocenters. The second-order valence-electron chi connectivity index (χ2n) is 3.24. The van der Waals surface area contributed by atoms with Crippen molar-refractivity contribution in [1.82, 2.24) is 0 Å². The van der Waals surface area contributed by atoms with Gasteiger partial charge < -0.3 is 0 Å². The minimum absolute atomic E-state index is 0.689. The van der Waals surface area contributed by atoms with Crippen molar-refractivity contribution in [1.29, 1.82) is 5.26 Å². The molecule has 0 saturated carbocycles. The second-order valence-corrected chi connectivity index (χ2v) is 11.2. The molecule has 1 heterocycles. The average molecular weight is 316 g/mol. The number of nitriles is 1. The lowest BCUT2D eigenvalue weighted by molar-refractivity contribution is 1.37. The lowest BCUT2D eigenvalue weighted by Crippen LogP contribution is -1.94. The van der Waals surface area contributed by atoms with E-state index in [1.807, 2.05) is 18.2 Å². The van der Waals surface area contributed by atoms with Crippen molar-refractivity contribution >= 4 is 39.1 Å². The van der Waals surface area contributed by atoms with E-state index in [1.54, 1.807) is 0 Å². The highest BCUT2D eigenvalue weighted by molar-refractivity contribution is 14.2. The van der Waals surface area contributed by atoms with Gasteiger partial charge in [0.2, 0.25) is 0 Å². The lowest BCUT2D eigenvalue weighted by Gasteiger charge is -2.23. The van der Waals surface area contributed by atoms with Gasteiger partial charge in [0.15, 0.2) is 0 Å². The van der Waals surface area contributed by atoms with E-state index in [0.717, 1.165) is 5.69 Å². The van der Waals surface area contributed by atoms with Crippen molar-refractivity contribution in [3.63, 3.8) is 0 Å². The summed E-state index contributed by atoms with van der Waals surface area (Å²) in [7, 11) is -0.899. The monoisotopic (exact) mass is 316 g/mol. The van der Waals surface area contributed by atoms with Crippen molar-refractivity contribution < 1.29 is 0 Å². The maximum atomic E-state index is 8.77. The summed E-state index contributed by atoms with van der Waals surface area (Å²) in [6.07, 6.45) is 2.23. The SMILES string of the molecule is CC1=Nc2cc(C#N)ccc2S1(C)I. The van der Waals surface area contributed by atoms with Crippen molar-refractivity contribution in [2.45, 2.75) is 11.8 Å². The summed E-state index contributed by atoms with van der Waals surface area (Å²) in [5.41, 5.74) is 1.67. The smallest absolute Gasteiger partial charge is 0.0992 e. The number of rotatable bonds is 0. The summed E-state index contributed by atoms with van der Waals surface area (Å²) >= 11 is 2.48. The van der Waals surface area contributed by atoms with Crippen LogP contribution in [0.3, 0.4) is 0 Å². The van der Waals surface area contributed by atoms with E-state index in [4.69, 9.17) is 5.26 Å². The summed E-state index contributed by atoms with van der Waals surface area (Å²) in [5.74, 6) is 0. The van der Waals surface area contributed by atoms with Crippen LogP contribution in [0, 0.1) is 11.3 Å². The Hall–Kier alpha value is -0.540. The van der Waals surface area contributed by atoms with Crippen LogP contribution >= 0.6 is 28.4 Å². The van der Waals surface area contributed by atoms with Gasteiger partial charge in [-0.1, -0.05) is 0 Å². The summed E-state index contributed by atoms with van der Waals surface area (Å²) in [5, 5.41) is 9.95.